The van der Waals surface area contributed by atoms with Crippen molar-refractivity contribution < 1.29 is 9.13 Å². The second-order valence-electron chi connectivity index (χ2n) is 7.41. The summed E-state index contributed by atoms with van der Waals surface area (Å²) in [6.07, 6.45) is 9.15. The van der Waals surface area contributed by atoms with Gasteiger partial charge in [-0.15, -0.1) is 6.58 Å². The summed E-state index contributed by atoms with van der Waals surface area (Å²) in [6.45, 7) is 3.94. The Morgan fingerprint density at radius 3 is 2.36 bits per heavy atom. The highest BCUT2D eigenvalue weighted by molar-refractivity contribution is 5.41. The van der Waals surface area contributed by atoms with E-state index in [0.29, 0.717) is 11.8 Å². The molecule has 1 aliphatic carbocycles. The summed E-state index contributed by atoms with van der Waals surface area (Å²) in [6, 6.07) is 13.4. The molecule has 4 rings (SSSR count). The van der Waals surface area contributed by atoms with Crippen LogP contribution in [0.1, 0.15) is 60.8 Å². The van der Waals surface area contributed by atoms with E-state index in [1.165, 1.54) is 48.9 Å². The van der Waals surface area contributed by atoms with E-state index >= 15 is 0 Å². The maximum Gasteiger partial charge on any atom is 0.124 e. The van der Waals surface area contributed by atoms with Gasteiger partial charge in [0.25, 0.3) is 0 Å². The lowest BCUT2D eigenvalue weighted by Crippen LogP contribution is -2.16. The molecule has 1 aliphatic heterocycles. The topological polar surface area (TPSA) is 9.23 Å². The molecule has 1 fully saturated rings. The molecule has 2 aromatic rings. The average molecular weight is 336 g/mol. The van der Waals surface area contributed by atoms with E-state index in [9.17, 15) is 4.39 Å². The minimum Gasteiger partial charge on any atom is -0.485 e. The molecule has 1 unspecified atom stereocenters. The van der Waals surface area contributed by atoms with E-state index in [1.807, 2.05) is 12.1 Å². The zero-order valence-electron chi connectivity index (χ0n) is 14.6. The Hall–Kier alpha value is -2.09. The Balaban J connectivity index is 1.48. The predicted molar refractivity (Wildman–Crippen MR) is 99.4 cm³/mol. The molecule has 0 aromatic heterocycles. The lowest BCUT2D eigenvalue weighted by molar-refractivity contribution is 0.176. The lowest BCUT2D eigenvalue weighted by atomic mass is 9.78. The van der Waals surface area contributed by atoms with Gasteiger partial charge in [-0.25, -0.2) is 4.39 Å². The number of aryl methyl sites for hydroxylation is 1. The molecule has 0 saturated heterocycles. The van der Waals surface area contributed by atoms with Crippen LogP contribution in [-0.4, -0.2) is 0 Å². The van der Waals surface area contributed by atoms with Crippen LogP contribution in [-0.2, 0) is 6.42 Å². The molecule has 0 N–H and O–H groups in total. The highest BCUT2D eigenvalue weighted by atomic mass is 19.1. The van der Waals surface area contributed by atoms with Crippen LogP contribution >= 0.6 is 0 Å². The van der Waals surface area contributed by atoms with Gasteiger partial charge >= 0.3 is 0 Å². The molecule has 2 aliphatic rings. The van der Waals surface area contributed by atoms with E-state index in [0.717, 1.165) is 24.2 Å². The second-order valence-corrected chi connectivity index (χ2v) is 7.41. The van der Waals surface area contributed by atoms with Crippen molar-refractivity contribution >= 4 is 0 Å². The normalized spacial score (nSPS) is 25.7. The van der Waals surface area contributed by atoms with Gasteiger partial charge < -0.3 is 4.74 Å². The van der Waals surface area contributed by atoms with Crippen molar-refractivity contribution in [2.45, 2.75) is 50.5 Å². The summed E-state index contributed by atoms with van der Waals surface area (Å²) in [4.78, 5) is 0. The van der Waals surface area contributed by atoms with Crippen molar-refractivity contribution in [1.29, 1.82) is 0 Å². The maximum absolute atomic E-state index is 13.1. The van der Waals surface area contributed by atoms with Crippen LogP contribution in [0, 0.1) is 11.7 Å². The minimum atomic E-state index is -0.198. The fraction of sp³-hybridized carbons (Fsp3) is 0.391. The summed E-state index contributed by atoms with van der Waals surface area (Å²) in [5, 5.41) is 0. The Morgan fingerprint density at radius 2 is 1.64 bits per heavy atom. The Bertz CT molecular complexity index is 741. The van der Waals surface area contributed by atoms with Crippen LogP contribution in [0.25, 0.3) is 0 Å². The van der Waals surface area contributed by atoms with Crippen molar-refractivity contribution in [1.82, 2.24) is 0 Å². The Kier molecular flexibility index (Phi) is 4.61. The molecule has 0 radical (unpaired) electrons. The average Bonchev–Trinajstić information content (AvgIpc) is 2.68. The molecular formula is C23H25FO. The smallest absolute Gasteiger partial charge is 0.124 e. The van der Waals surface area contributed by atoms with E-state index < -0.39 is 0 Å². The van der Waals surface area contributed by atoms with E-state index in [-0.39, 0.29) is 11.9 Å². The van der Waals surface area contributed by atoms with Gasteiger partial charge in [0, 0.05) is 0 Å². The molecule has 2 heteroatoms. The number of hydrogen-bond donors (Lipinski definition) is 0. The first-order valence-electron chi connectivity index (χ1n) is 9.40. The van der Waals surface area contributed by atoms with Crippen LogP contribution in [0.5, 0.6) is 5.75 Å². The van der Waals surface area contributed by atoms with Gasteiger partial charge in [-0.1, -0.05) is 30.3 Å². The zero-order chi connectivity index (χ0) is 17.2. The van der Waals surface area contributed by atoms with Crippen LogP contribution in [0.4, 0.5) is 4.39 Å². The third kappa shape index (κ3) is 3.49. The highest BCUT2D eigenvalue weighted by Gasteiger charge is 2.24. The monoisotopic (exact) mass is 336 g/mol. The standard InChI is InChI=1S/C23H25FO/c1-2-16-3-5-17(6-4-16)19-9-13-23-20(15-19)10-14-22(25-23)18-7-11-21(24)12-8-18/h2,7-9,11-13,15-17,22H,1,3-6,10,14H2. The first-order chi connectivity index (χ1) is 12.2. The van der Waals surface area contributed by atoms with Crippen molar-refractivity contribution in [3.63, 3.8) is 0 Å². The van der Waals surface area contributed by atoms with E-state index in [1.54, 1.807) is 0 Å². The van der Waals surface area contributed by atoms with Crippen LogP contribution < -0.4 is 4.74 Å². The van der Waals surface area contributed by atoms with E-state index in [2.05, 4.69) is 30.9 Å². The molecule has 1 nitrogen and oxygen atoms in total. The molecular weight excluding hydrogens is 311 g/mol. The van der Waals surface area contributed by atoms with Crippen molar-refractivity contribution in [2.24, 2.45) is 5.92 Å². The van der Waals surface area contributed by atoms with Crippen LogP contribution in [0.3, 0.4) is 0 Å². The number of benzene rings is 2. The number of hydrogen-bond acceptors (Lipinski definition) is 1. The number of halogens is 1. The van der Waals surface area contributed by atoms with Crippen LogP contribution in [0.15, 0.2) is 55.1 Å². The van der Waals surface area contributed by atoms with Crippen molar-refractivity contribution in [3.05, 3.63) is 77.6 Å². The first kappa shape index (κ1) is 16.4. The van der Waals surface area contributed by atoms with Crippen molar-refractivity contribution in [2.75, 3.05) is 0 Å². The molecule has 1 atom stereocenters. The van der Waals surface area contributed by atoms with Gasteiger partial charge in [0.1, 0.15) is 17.7 Å². The highest BCUT2D eigenvalue weighted by Crippen LogP contribution is 2.40. The Morgan fingerprint density at radius 1 is 0.920 bits per heavy atom. The largest absolute Gasteiger partial charge is 0.485 e. The SMILES string of the molecule is C=CC1CCC(c2ccc3c(c2)CCC(c2ccc(F)cc2)O3)CC1. The minimum absolute atomic E-state index is 0.0296. The van der Waals surface area contributed by atoms with Crippen molar-refractivity contribution in [3.8, 4) is 5.75 Å². The molecule has 0 bridgehead atoms. The van der Waals surface area contributed by atoms with E-state index in [4.69, 9.17) is 4.74 Å². The van der Waals surface area contributed by atoms with Gasteiger partial charge in [-0.3, -0.25) is 0 Å². The van der Waals surface area contributed by atoms with Crippen LogP contribution in [0.2, 0.25) is 0 Å². The van der Waals surface area contributed by atoms with Gasteiger partial charge in [0.05, 0.1) is 0 Å². The molecule has 1 saturated carbocycles. The molecule has 1 heterocycles. The summed E-state index contributed by atoms with van der Waals surface area (Å²) in [5.74, 6) is 2.17. The fourth-order valence-electron chi connectivity index (χ4n) is 4.26. The molecule has 0 spiro atoms. The molecule has 2 aromatic carbocycles. The third-order valence-corrected chi connectivity index (χ3v) is 5.85. The third-order valence-electron chi connectivity index (χ3n) is 5.85. The summed E-state index contributed by atoms with van der Waals surface area (Å²) >= 11 is 0. The van der Waals surface area contributed by atoms with Gasteiger partial charge in [-0.05, 0) is 85.3 Å². The summed E-state index contributed by atoms with van der Waals surface area (Å²) in [5.41, 5.74) is 3.84. The summed E-state index contributed by atoms with van der Waals surface area (Å²) in [7, 11) is 0. The number of fused-ring (bicyclic) bond motifs is 1. The maximum atomic E-state index is 13.1. The molecule has 130 valence electrons. The Labute approximate surface area is 149 Å². The fourth-order valence-corrected chi connectivity index (χ4v) is 4.26. The zero-order valence-corrected chi connectivity index (χ0v) is 14.6. The lowest BCUT2D eigenvalue weighted by Gasteiger charge is -2.30. The second kappa shape index (κ2) is 7.03. The quantitative estimate of drug-likeness (QED) is 0.593. The molecule has 25 heavy (non-hydrogen) atoms. The van der Waals surface area contributed by atoms with Gasteiger partial charge in [0.15, 0.2) is 0 Å². The predicted octanol–water partition coefficient (Wildman–Crippen LogP) is 6.35. The first-order valence-corrected chi connectivity index (χ1v) is 9.40. The van der Waals surface area contributed by atoms with Gasteiger partial charge in [0.2, 0.25) is 0 Å². The number of rotatable bonds is 3. The summed E-state index contributed by atoms with van der Waals surface area (Å²) < 4.78 is 19.3. The number of ether oxygens (including phenoxy) is 1. The van der Waals surface area contributed by atoms with Gasteiger partial charge in [-0.2, -0.15) is 0 Å². The molecule has 0 amide bonds. The number of allylic oxidation sites excluding steroid dienone is 1.